The van der Waals surface area contributed by atoms with Crippen LogP contribution in [0.5, 0.6) is 0 Å². The number of nitriles is 1. The van der Waals surface area contributed by atoms with E-state index in [0.29, 0.717) is 5.52 Å². The van der Waals surface area contributed by atoms with Crippen molar-refractivity contribution in [1.82, 2.24) is 19.5 Å². The smallest absolute Gasteiger partial charge is 0.150 e. The van der Waals surface area contributed by atoms with Gasteiger partial charge in [-0.1, -0.05) is 6.07 Å². The monoisotopic (exact) mass is 409 g/mol. The van der Waals surface area contributed by atoms with Crippen molar-refractivity contribution in [2.24, 2.45) is 0 Å². The molecule has 4 rings (SSSR count). The highest BCUT2D eigenvalue weighted by atomic mass is 19.1. The average Bonchev–Trinajstić information content (AvgIpc) is 3.08. The quantitative estimate of drug-likeness (QED) is 0.530. The molecule has 0 aliphatic carbocycles. The predicted molar refractivity (Wildman–Crippen MR) is 104 cm³/mol. The minimum absolute atomic E-state index is 0.00560. The van der Waals surface area contributed by atoms with Crippen molar-refractivity contribution < 1.29 is 13.2 Å². The summed E-state index contributed by atoms with van der Waals surface area (Å²) in [6.07, 6.45) is 1.19. The lowest BCUT2D eigenvalue weighted by Crippen LogP contribution is -2.16. The van der Waals surface area contributed by atoms with E-state index in [9.17, 15) is 18.4 Å². The van der Waals surface area contributed by atoms with Gasteiger partial charge in [0.25, 0.3) is 0 Å². The van der Waals surface area contributed by atoms with E-state index in [-0.39, 0.29) is 34.2 Å². The largest absolute Gasteiger partial charge is 0.382 e. The molecule has 30 heavy (non-hydrogen) atoms. The van der Waals surface area contributed by atoms with Gasteiger partial charge in [0.15, 0.2) is 0 Å². The summed E-state index contributed by atoms with van der Waals surface area (Å²) in [5.41, 5.74) is 6.17. The number of rotatable bonds is 4. The first-order valence-corrected chi connectivity index (χ1v) is 8.79. The number of hydrogen-bond donors (Lipinski definition) is 2. The molecule has 0 aliphatic rings. The lowest BCUT2D eigenvalue weighted by Gasteiger charge is -2.18. The molecule has 0 bridgehead atoms. The standard InChI is InChI=1S/C20H14F3N7/c1-10(28-19-14(8-24)18(25)26-9-27-19)20-29-16-4-2-3-15(23)17(16)30(20)13-6-11(21)5-12(22)7-13/h2-7,9-10H,1H3,(H3,25,26,27,28). The third-order valence-corrected chi connectivity index (χ3v) is 4.49. The van der Waals surface area contributed by atoms with Crippen molar-refractivity contribution in [3.63, 3.8) is 0 Å². The molecule has 0 fully saturated rings. The molecule has 2 heterocycles. The van der Waals surface area contributed by atoms with E-state index in [4.69, 9.17) is 5.73 Å². The Kier molecular flexibility index (Phi) is 4.71. The van der Waals surface area contributed by atoms with Crippen molar-refractivity contribution in [3.05, 3.63) is 71.6 Å². The molecule has 2 aromatic carbocycles. The summed E-state index contributed by atoms with van der Waals surface area (Å²) in [6, 6.07) is 8.46. The Morgan fingerprint density at radius 1 is 1.13 bits per heavy atom. The van der Waals surface area contributed by atoms with Gasteiger partial charge in [-0.3, -0.25) is 4.57 Å². The number of benzene rings is 2. The number of nitrogens with two attached hydrogens (primary N) is 1. The van der Waals surface area contributed by atoms with Gasteiger partial charge in [-0.2, -0.15) is 5.26 Å². The normalized spacial score (nSPS) is 12.0. The van der Waals surface area contributed by atoms with Crippen LogP contribution >= 0.6 is 0 Å². The van der Waals surface area contributed by atoms with E-state index in [1.807, 2.05) is 6.07 Å². The van der Waals surface area contributed by atoms with E-state index in [1.165, 1.54) is 23.0 Å². The van der Waals surface area contributed by atoms with Crippen LogP contribution in [0.4, 0.5) is 24.8 Å². The van der Waals surface area contributed by atoms with Gasteiger partial charge in [0.2, 0.25) is 0 Å². The molecule has 1 unspecified atom stereocenters. The first-order valence-electron chi connectivity index (χ1n) is 8.79. The first-order chi connectivity index (χ1) is 14.4. The molecule has 0 aliphatic heterocycles. The second-order valence-electron chi connectivity index (χ2n) is 6.50. The fraction of sp³-hybridized carbons (Fsp3) is 0.100. The number of fused-ring (bicyclic) bond motifs is 1. The summed E-state index contributed by atoms with van der Waals surface area (Å²) in [5.74, 6) is -1.83. The van der Waals surface area contributed by atoms with Crippen LogP contribution in [0.15, 0.2) is 42.7 Å². The lowest BCUT2D eigenvalue weighted by molar-refractivity contribution is 0.580. The molecular weight excluding hydrogens is 395 g/mol. The van der Waals surface area contributed by atoms with E-state index in [0.717, 1.165) is 18.2 Å². The highest BCUT2D eigenvalue weighted by Gasteiger charge is 2.22. The van der Waals surface area contributed by atoms with Crippen LogP contribution in [0.2, 0.25) is 0 Å². The van der Waals surface area contributed by atoms with Crippen molar-refractivity contribution in [2.45, 2.75) is 13.0 Å². The lowest BCUT2D eigenvalue weighted by atomic mass is 10.2. The summed E-state index contributed by atoms with van der Waals surface area (Å²) in [6.45, 7) is 1.69. The molecule has 10 heteroatoms. The van der Waals surface area contributed by atoms with Gasteiger partial charge in [-0.25, -0.2) is 28.1 Å². The second-order valence-corrected chi connectivity index (χ2v) is 6.50. The summed E-state index contributed by atoms with van der Waals surface area (Å²) in [4.78, 5) is 12.2. The molecule has 0 radical (unpaired) electrons. The van der Waals surface area contributed by atoms with Gasteiger partial charge in [-0.05, 0) is 31.2 Å². The van der Waals surface area contributed by atoms with Crippen molar-refractivity contribution in [2.75, 3.05) is 11.1 Å². The maximum atomic E-state index is 14.7. The zero-order chi connectivity index (χ0) is 21.4. The molecule has 7 nitrogen and oxygen atoms in total. The van der Waals surface area contributed by atoms with E-state index >= 15 is 0 Å². The number of imidazole rings is 1. The summed E-state index contributed by atoms with van der Waals surface area (Å²) >= 11 is 0. The Morgan fingerprint density at radius 3 is 2.57 bits per heavy atom. The van der Waals surface area contributed by atoms with Crippen molar-refractivity contribution in [1.29, 1.82) is 5.26 Å². The van der Waals surface area contributed by atoms with Crippen LogP contribution in [0, 0.1) is 28.8 Å². The maximum Gasteiger partial charge on any atom is 0.150 e. The number of halogens is 3. The molecule has 0 saturated heterocycles. The third kappa shape index (κ3) is 3.26. The zero-order valence-corrected chi connectivity index (χ0v) is 15.6. The SMILES string of the molecule is CC(Nc1ncnc(N)c1C#N)c1nc2cccc(F)c2n1-c1cc(F)cc(F)c1. The van der Waals surface area contributed by atoms with Crippen LogP contribution < -0.4 is 11.1 Å². The van der Waals surface area contributed by atoms with E-state index in [2.05, 4.69) is 20.3 Å². The van der Waals surface area contributed by atoms with Gasteiger partial charge >= 0.3 is 0 Å². The van der Waals surface area contributed by atoms with E-state index in [1.54, 1.807) is 13.0 Å². The van der Waals surface area contributed by atoms with Crippen LogP contribution in [0.1, 0.15) is 24.4 Å². The van der Waals surface area contributed by atoms with Crippen LogP contribution in [-0.2, 0) is 0 Å². The van der Waals surface area contributed by atoms with Gasteiger partial charge in [-0.15, -0.1) is 0 Å². The molecule has 0 amide bonds. The minimum Gasteiger partial charge on any atom is -0.382 e. The Labute approximate surface area is 168 Å². The van der Waals surface area contributed by atoms with E-state index < -0.39 is 23.5 Å². The fourth-order valence-corrected chi connectivity index (χ4v) is 3.21. The molecule has 3 N–H and O–H groups in total. The predicted octanol–water partition coefficient (Wildman–Crippen LogP) is 3.86. The fourth-order valence-electron chi connectivity index (χ4n) is 3.21. The molecule has 1 atom stereocenters. The molecule has 4 aromatic rings. The molecule has 0 spiro atoms. The highest BCUT2D eigenvalue weighted by Crippen LogP contribution is 2.30. The van der Waals surface area contributed by atoms with Crippen LogP contribution in [-0.4, -0.2) is 19.5 Å². The zero-order valence-electron chi connectivity index (χ0n) is 15.6. The molecule has 2 aromatic heterocycles. The number of anilines is 2. The Balaban J connectivity index is 1.90. The van der Waals surface area contributed by atoms with Crippen LogP contribution in [0.25, 0.3) is 16.7 Å². The first kappa shape index (κ1) is 19.2. The van der Waals surface area contributed by atoms with Gasteiger partial charge in [0.1, 0.15) is 58.4 Å². The second kappa shape index (κ2) is 7.36. The molecule has 0 saturated carbocycles. The minimum atomic E-state index is -0.815. The number of hydrogen-bond acceptors (Lipinski definition) is 6. The topological polar surface area (TPSA) is 105 Å². The van der Waals surface area contributed by atoms with Gasteiger partial charge < -0.3 is 11.1 Å². The summed E-state index contributed by atoms with van der Waals surface area (Å²) in [5, 5.41) is 12.3. The molecule has 150 valence electrons. The number of nitrogens with zero attached hydrogens (tertiary/aromatic N) is 5. The number of nitrogen functional groups attached to an aromatic ring is 1. The molecular formula is C20H14F3N7. The summed E-state index contributed by atoms with van der Waals surface area (Å²) in [7, 11) is 0. The average molecular weight is 409 g/mol. The maximum absolute atomic E-state index is 14.7. The number of para-hydroxylation sites is 1. The Bertz CT molecular complexity index is 1290. The van der Waals surface area contributed by atoms with Crippen molar-refractivity contribution >= 4 is 22.7 Å². The summed E-state index contributed by atoms with van der Waals surface area (Å²) < 4.78 is 43.8. The van der Waals surface area contributed by atoms with Gasteiger partial charge in [0.05, 0.1) is 17.2 Å². The van der Waals surface area contributed by atoms with Crippen LogP contribution in [0.3, 0.4) is 0 Å². The number of nitrogens with one attached hydrogen (secondary N) is 1. The van der Waals surface area contributed by atoms with Gasteiger partial charge in [0, 0.05) is 6.07 Å². The number of aromatic nitrogens is 4. The highest BCUT2D eigenvalue weighted by molar-refractivity contribution is 5.79. The Morgan fingerprint density at radius 2 is 1.87 bits per heavy atom. The van der Waals surface area contributed by atoms with Crippen molar-refractivity contribution in [3.8, 4) is 11.8 Å². The Hall–Kier alpha value is -4.13. The third-order valence-electron chi connectivity index (χ3n) is 4.49.